The fraction of sp³-hybridized carbons (Fsp3) is 0.875. The number of likely N-dealkylation sites (N-methyl/N-ethyl adjacent to an activating group) is 1. The molecule has 0 aromatic carbocycles. The fourth-order valence-corrected chi connectivity index (χ4v) is 0.940. The van der Waals surface area contributed by atoms with Gasteiger partial charge in [0, 0.05) is 14.1 Å². The summed E-state index contributed by atoms with van der Waals surface area (Å²) >= 11 is 0. The third-order valence-corrected chi connectivity index (χ3v) is 1.48. The molecule has 0 aromatic rings. The first-order valence-electron chi connectivity index (χ1n) is 3.92. The molecule has 3 nitrogen and oxygen atoms in total. The van der Waals surface area contributed by atoms with Gasteiger partial charge in [0.2, 0.25) is 5.91 Å². The Hall–Kier alpha value is -0.280. The highest BCUT2D eigenvalue weighted by atomic mass is 35.5. The average Bonchev–Trinajstić information content (AvgIpc) is 1.84. The average molecular weight is 195 g/mol. The first kappa shape index (κ1) is 14.3. The van der Waals surface area contributed by atoms with E-state index >= 15 is 0 Å². The molecule has 0 rings (SSSR count). The number of nitrogens with zero attached hydrogens (tertiary/aromatic N) is 1. The molecule has 0 spiro atoms. The first-order valence-corrected chi connectivity index (χ1v) is 3.92. The van der Waals surface area contributed by atoms with Crippen molar-refractivity contribution in [3.63, 3.8) is 0 Å². The number of nitrogens with two attached hydrogens (primary N) is 1. The molecular formula is C8H19ClN2O. The van der Waals surface area contributed by atoms with Crippen molar-refractivity contribution in [3.05, 3.63) is 0 Å². The van der Waals surface area contributed by atoms with Crippen molar-refractivity contribution in [2.45, 2.75) is 26.3 Å². The lowest BCUT2D eigenvalue weighted by Crippen LogP contribution is -2.40. The molecule has 0 saturated heterocycles. The molecule has 0 saturated carbocycles. The van der Waals surface area contributed by atoms with E-state index in [-0.39, 0.29) is 24.4 Å². The quantitative estimate of drug-likeness (QED) is 0.725. The molecule has 0 heterocycles. The molecule has 74 valence electrons. The van der Waals surface area contributed by atoms with Crippen LogP contribution in [0.25, 0.3) is 0 Å². The Morgan fingerprint density at radius 3 is 2.08 bits per heavy atom. The zero-order chi connectivity index (χ0) is 9.02. The predicted octanol–water partition coefficient (Wildman–Crippen LogP) is 0.870. The molecule has 0 aromatic heterocycles. The summed E-state index contributed by atoms with van der Waals surface area (Å²) in [7, 11) is 3.45. The van der Waals surface area contributed by atoms with Gasteiger partial charge in [-0.2, -0.15) is 0 Å². The van der Waals surface area contributed by atoms with Gasteiger partial charge in [0.25, 0.3) is 0 Å². The highest BCUT2D eigenvalue weighted by Gasteiger charge is 2.15. The van der Waals surface area contributed by atoms with Crippen LogP contribution in [0.4, 0.5) is 0 Å². The zero-order valence-corrected chi connectivity index (χ0v) is 9.02. The number of carbonyl (C=O) groups excluding carboxylic acids is 1. The molecule has 0 aliphatic rings. The number of hydrogen-bond acceptors (Lipinski definition) is 2. The third kappa shape index (κ3) is 5.38. The number of carbonyl (C=O) groups is 1. The molecule has 1 amide bonds. The summed E-state index contributed by atoms with van der Waals surface area (Å²) in [4.78, 5) is 12.7. The lowest BCUT2D eigenvalue weighted by Gasteiger charge is -2.17. The Labute approximate surface area is 80.7 Å². The molecule has 12 heavy (non-hydrogen) atoms. The Bertz CT molecular complexity index is 137. The van der Waals surface area contributed by atoms with Crippen LogP contribution in [0, 0.1) is 5.92 Å². The summed E-state index contributed by atoms with van der Waals surface area (Å²) in [5.74, 6) is 0.493. The summed E-state index contributed by atoms with van der Waals surface area (Å²) in [5.41, 5.74) is 5.63. The topological polar surface area (TPSA) is 46.3 Å². The Morgan fingerprint density at radius 1 is 1.42 bits per heavy atom. The normalized spacial score (nSPS) is 12.2. The van der Waals surface area contributed by atoms with Gasteiger partial charge in [0.05, 0.1) is 6.04 Å². The maximum atomic E-state index is 11.2. The van der Waals surface area contributed by atoms with E-state index in [1.807, 2.05) is 0 Å². The van der Waals surface area contributed by atoms with Gasteiger partial charge in [0.1, 0.15) is 0 Å². The molecular weight excluding hydrogens is 176 g/mol. The number of halogens is 1. The second-order valence-corrected chi connectivity index (χ2v) is 3.47. The molecule has 0 aliphatic heterocycles. The van der Waals surface area contributed by atoms with Crippen LogP contribution in [-0.4, -0.2) is 30.9 Å². The van der Waals surface area contributed by atoms with E-state index in [9.17, 15) is 4.79 Å². The first-order chi connectivity index (χ1) is 4.95. The zero-order valence-electron chi connectivity index (χ0n) is 8.20. The van der Waals surface area contributed by atoms with Crippen LogP contribution < -0.4 is 5.73 Å². The van der Waals surface area contributed by atoms with Crippen molar-refractivity contribution in [3.8, 4) is 0 Å². The van der Waals surface area contributed by atoms with Gasteiger partial charge in [0.15, 0.2) is 0 Å². The van der Waals surface area contributed by atoms with Crippen LogP contribution in [0.3, 0.4) is 0 Å². The largest absolute Gasteiger partial charge is 0.347 e. The fourth-order valence-electron chi connectivity index (χ4n) is 0.940. The maximum absolute atomic E-state index is 11.2. The van der Waals surface area contributed by atoms with Crippen LogP contribution in [0.1, 0.15) is 20.3 Å². The van der Waals surface area contributed by atoms with Crippen LogP contribution in [-0.2, 0) is 4.79 Å². The van der Waals surface area contributed by atoms with E-state index in [1.54, 1.807) is 14.1 Å². The number of rotatable bonds is 3. The Balaban J connectivity index is 0. The summed E-state index contributed by atoms with van der Waals surface area (Å²) < 4.78 is 0. The lowest BCUT2D eigenvalue weighted by atomic mass is 10.0. The van der Waals surface area contributed by atoms with E-state index < -0.39 is 0 Å². The van der Waals surface area contributed by atoms with E-state index in [0.717, 1.165) is 6.42 Å². The molecule has 0 aliphatic carbocycles. The minimum absolute atomic E-state index is 0. The summed E-state index contributed by atoms with van der Waals surface area (Å²) in [6, 6.07) is -0.329. The second-order valence-electron chi connectivity index (χ2n) is 3.47. The van der Waals surface area contributed by atoms with E-state index in [4.69, 9.17) is 5.73 Å². The van der Waals surface area contributed by atoms with Gasteiger partial charge in [-0.3, -0.25) is 4.79 Å². The Kier molecular flexibility index (Phi) is 7.44. The Morgan fingerprint density at radius 2 is 1.83 bits per heavy atom. The van der Waals surface area contributed by atoms with Gasteiger partial charge in [-0.05, 0) is 12.3 Å². The maximum Gasteiger partial charge on any atom is 0.238 e. The molecule has 0 bridgehead atoms. The van der Waals surface area contributed by atoms with Gasteiger partial charge >= 0.3 is 0 Å². The summed E-state index contributed by atoms with van der Waals surface area (Å²) in [6.45, 7) is 4.12. The summed E-state index contributed by atoms with van der Waals surface area (Å²) in [5, 5.41) is 0. The van der Waals surface area contributed by atoms with Crippen LogP contribution in [0.5, 0.6) is 0 Å². The van der Waals surface area contributed by atoms with Gasteiger partial charge in [-0.1, -0.05) is 13.8 Å². The smallest absolute Gasteiger partial charge is 0.238 e. The minimum Gasteiger partial charge on any atom is -0.347 e. The molecule has 0 fully saturated rings. The second kappa shape index (κ2) is 6.26. The third-order valence-electron chi connectivity index (χ3n) is 1.48. The summed E-state index contributed by atoms with van der Waals surface area (Å²) in [6.07, 6.45) is 0.761. The van der Waals surface area contributed by atoms with Crippen molar-refractivity contribution in [2.24, 2.45) is 11.7 Å². The van der Waals surface area contributed by atoms with Crippen LogP contribution in [0.15, 0.2) is 0 Å². The van der Waals surface area contributed by atoms with Crippen molar-refractivity contribution in [1.82, 2.24) is 4.90 Å². The van der Waals surface area contributed by atoms with E-state index in [1.165, 1.54) is 4.90 Å². The van der Waals surface area contributed by atoms with Gasteiger partial charge in [-0.25, -0.2) is 0 Å². The van der Waals surface area contributed by atoms with Crippen molar-refractivity contribution < 1.29 is 4.79 Å². The number of amides is 1. The van der Waals surface area contributed by atoms with Crippen molar-refractivity contribution in [1.29, 1.82) is 0 Å². The van der Waals surface area contributed by atoms with Crippen LogP contribution >= 0.6 is 12.4 Å². The number of hydrogen-bond donors (Lipinski definition) is 1. The van der Waals surface area contributed by atoms with Gasteiger partial charge < -0.3 is 10.6 Å². The van der Waals surface area contributed by atoms with E-state index in [0.29, 0.717) is 5.92 Å². The highest BCUT2D eigenvalue weighted by molar-refractivity contribution is 5.85. The minimum atomic E-state index is -0.329. The lowest BCUT2D eigenvalue weighted by molar-refractivity contribution is -0.130. The standard InChI is InChI=1S/C8H18N2O.ClH/c1-6(2)5-7(9)8(11)10(3)4;/h6-7H,5,9H2,1-4H3;1H/t7-;/m0./s1. The van der Waals surface area contributed by atoms with E-state index in [2.05, 4.69) is 13.8 Å². The monoisotopic (exact) mass is 194 g/mol. The van der Waals surface area contributed by atoms with Crippen molar-refractivity contribution >= 4 is 18.3 Å². The van der Waals surface area contributed by atoms with Crippen molar-refractivity contribution in [2.75, 3.05) is 14.1 Å². The van der Waals surface area contributed by atoms with Gasteiger partial charge in [-0.15, -0.1) is 12.4 Å². The molecule has 0 unspecified atom stereocenters. The highest BCUT2D eigenvalue weighted by Crippen LogP contribution is 2.03. The SMILES string of the molecule is CC(C)C[C@H](N)C(=O)N(C)C.Cl. The predicted molar refractivity (Wildman–Crippen MR) is 53.4 cm³/mol. The molecule has 1 atom stereocenters. The van der Waals surface area contributed by atoms with Crippen LogP contribution in [0.2, 0.25) is 0 Å². The molecule has 2 N–H and O–H groups in total. The molecule has 4 heteroatoms. The molecule has 0 radical (unpaired) electrons.